The van der Waals surface area contributed by atoms with Crippen LogP contribution in [0.1, 0.15) is 0 Å². The fourth-order valence-electron chi connectivity index (χ4n) is 1.51. The molecule has 1 fully saturated rings. The standard InChI is InChI=1S/C8H14ClF3N2O3S/c9-1-2-14(7-8(10,11)12)18(15,16)13-3-5-17-6-4-13/h1-7H2. The van der Waals surface area contributed by atoms with Crippen molar-refractivity contribution in [2.24, 2.45) is 0 Å². The highest BCUT2D eigenvalue weighted by Gasteiger charge is 2.39. The summed E-state index contributed by atoms with van der Waals surface area (Å²) in [4.78, 5) is 0. The lowest BCUT2D eigenvalue weighted by atomic mass is 10.5. The molecule has 0 aromatic rings. The van der Waals surface area contributed by atoms with Crippen LogP contribution in [0, 0.1) is 0 Å². The zero-order valence-electron chi connectivity index (χ0n) is 9.49. The molecule has 108 valence electrons. The Bertz CT molecular complexity index is 357. The van der Waals surface area contributed by atoms with Crippen molar-refractivity contribution >= 4 is 21.8 Å². The first-order chi connectivity index (χ1) is 8.27. The van der Waals surface area contributed by atoms with Gasteiger partial charge in [0.1, 0.15) is 6.54 Å². The van der Waals surface area contributed by atoms with E-state index in [0.29, 0.717) is 4.31 Å². The smallest absolute Gasteiger partial charge is 0.379 e. The Hall–Kier alpha value is -0.0900. The van der Waals surface area contributed by atoms with E-state index in [0.717, 1.165) is 4.31 Å². The molecule has 0 bridgehead atoms. The first-order valence-corrected chi connectivity index (χ1v) is 7.16. The normalized spacial score (nSPS) is 19.4. The van der Waals surface area contributed by atoms with E-state index in [1.807, 2.05) is 0 Å². The van der Waals surface area contributed by atoms with Gasteiger partial charge >= 0.3 is 6.18 Å². The van der Waals surface area contributed by atoms with Gasteiger partial charge in [0.2, 0.25) is 0 Å². The number of halogens is 4. The predicted molar refractivity (Wildman–Crippen MR) is 59.7 cm³/mol. The monoisotopic (exact) mass is 310 g/mol. The van der Waals surface area contributed by atoms with Gasteiger partial charge in [0.15, 0.2) is 0 Å². The summed E-state index contributed by atoms with van der Waals surface area (Å²) in [6, 6.07) is 0. The molecule has 1 aliphatic rings. The van der Waals surface area contributed by atoms with Crippen LogP contribution < -0.4 is 0 Å². The number of hydrogen-bond donors (Lipinski definition) is 0. The van der Waals surface area contributed by atoms with Crippen molar-refractivity contribution in [1.29, 1.82) is 0 Å². The van der Waals surface area contributed by atoms with Gasteiger partial charge < -0.3 is 4.74 Å². The number of rotatable bonds is 5. The van der Waals surface area contributed by atoms with Gasteiger partial charge in [0.05, 0.1) is 13.2 Å². The average molecular weight is 311 g/mol. The number of ether oxygens (including phenoxy) is 1. The molecule has 1 rings (SSSR count). The predicted octanol–water partition coefficient (Wildman–Crippen LogP) is 0.667. The third-order valence-electron chi connectivity index (χ3n) is 2.31. The van der Waals surface area contributed by atoms with Crippen molar-refractivity contribution in [1.82, 2.24) is 8.61 Å². The number of alkyl halides is 4. The summed E-state index contributed by atoms with van der Waals surface area (Å²) >= 11 is 5.35. The third-order valence-corrected chi connectivity index (χ3v) is 4.46. The maximum Gasteiger partial charge on any atom is 0.402 e. The van der Waals surface area contributed by atoms with Crippen LogP contribution in [-0.4, -0.2) is 68.5 Å². The van der Waals surface area contributed by atoms with Gasteiger partial charge in [-0.3, -0.25) is 0 Å². The first kappa shape index (κ1) is 16.0. The van der Waals surface area contributed by atoms with Crippen molar-refractivity contribution in [3.8, 4) is 0 Å². The Morgan fingerprint density at radius 2 is 1.83 bits per heavy atom. The minimum atomic E-state index is -4.59. The zero-order chi connectivity index (χ0) is 13.8. The van der Waals surface area contributed by atoms with E-state index in [-0.39, 0.29) is 38.7 Å². The van der Waals surface area contributed by atoms with Crippen LogP contribution in [0.15, 0.2) is 0 Å². The Morgan fingerprint density at radius 1 is 1.28 bits per heavy atom. The van der Waals surface area contributed by atoms with Crippen LogP contribution in [0.4, 0.5) is 13.2 Å². The van der Waals surface area contributed by atoms with E-state index in [2.05, 4.69) is 0 Å². The molecule has 0 aromatic carbocycles. The molecule has 1 aliphatic heterocycles. The topological polar surface area (TPSA) is 49.9 Å². The molecular weight excluding hydrogens is 297 g/mol. The summed E-state index contributed by atoms with van der Waals surface area (Å²) in [6.07, 6.45) is -4.59. The second kappa shape index (κ2) is 6.38. The van der Waals surface area contributed by atoms with Gasteiger partial charge in [0, 0.05) is 25.5 Å². The summed E-state index contributed by atoms with van der Waals surface area (Å²) in [5.41, 5.74) is 0. The van der Waals surface area contributed by atoms with E-state index >= 15 is 0 Å². The molecule has 18 heavy (non-hydrogen) atoms. The molecule has 5 nitrogen and oxygen atoms in total. The molecule has 0 spiro atoms. The Kier molecular flexibility index (Phi) is 5.66. The summed E-state index contributed by atoms with van der Waals surface area (Å²) in [7, 11) is -4.14. The Labute approximate surface area is 109 Å². The van der Waals surface area contributed by atoms with Gasteiger partial charge in [-0.2, -0.15) is 30.2 Å². The molecule has 0 N–H and O–H groups in total. The first-order valence-electron chi connectivity index (χ1n) is 5.23. The van der Waals surface area contributed by atoms with Crippen LogP contribution in [0.5, 0.6) is 0 Å². The van der Waals surface area contributed by atoms with E-state index in [4.69, 9.17) is 16.3 Å². The van der Waals surface area contributed by atoms with Gasteiger partial charge in [0.25, 0.3) is 10.2 Å². The van der Waals surface area contributed by atoms with Crippen molar-refractivity contribution < 1.29 is 26.3 Å². The fourth-order valence-corrected chi connectivity index (χ4v) is 3.38. The lowest BCUT2D eigenvalue weighted by Gasteiger charge is -2.32. The molecule has 1 heterocycles. The highest BCUT2D eigenvalue weighted by Crippen LogP contribution is 2.20. The van der Waals surface area contributed by atoms with E-state index in [9.17, 15) is 21.6 Å². The molecule has 0 radical (unpaired) electrons. The minimum Gasteiger partial charge on any atom is -0.379 e. The summed E-state index contributed by atoms with van der Waals surface area (Å²) in [5.74, 6) is -0.195. The lowest BCUT2D eigenvalue weighted by Crippen LogP contribution is -2.51. The quantitative estimate of drug-likeness (QED) is 0.701. The highest BCUT2D eigenvalue weighted by atomic mass is 35.5. The average Bonchev–Trinajstić information content (AvgIpc) is 2.28. The number of nitrogens with zero attached hydrogens (tertiary/aromatic N) is 2. The van der Waals surface area contributed by atoms with Gasteiger partial charge in [-0.25, -0.2) is 0 Å². The molecule has 0 unspecified atom stereocenters. The molecule has 0 amide bonds. The molecule has 1 saturated heterocycles. The SMILES string of the molecule is O=S(=O)(N1CCOCC1)N(CCCl)CC(F)(F)F. The Morgan fingerprint density at radius 3 is 2.28 bits per heavy atom. The van der Waals surface area contributed by atoms with Crippen molar-refractivity contribution in [2.75, 3.05) is 45.3 Å². The molecule has 0 aromatic heterocycles. The largest absolute Gasteiger partial charge is 0.402 e. The highest BCUT2D eigenvalue weighted by molar-refractivity contribution is 7.86. The van der Waals surface area contributed by atoms with Crippen LogP contribution >= 0.6 is 11.6 Å². The maximum absolute atomic E-state index is 12.3. The molecule has 0 atom stereocenters. The number of morpholine rings is 1. The Balaban J connectivity index is 2.81. The van der Waals surface area contributed by atoms with Crippen LogP contribution in [0.25, 0.3) is 0 Å². The number of hydrogen-bond acceptors (Lipinski definition) is 3. The second-order valence-corrected chi connectivity index (χ2v) is 5.96. The van der Waals surface area contributed by atoms with E-state index < -0.39 is 22.9 Å². The minimum absolute atomic E-state index is 0.0545. The van der Waals surface area contributed by atoms with Crippen LogP contribution in [0.3, 0.4) is 0 Å². The van der Waals surface area contributed by atoms with E-state index in [1.165, 1.54) is 0 Å². The fraction of sp³-hybridized carbons (Fsp3) is 1.00. The zero-order valence-corrected chi connectivity index (χ0v) is 11.1. The van der Waals surface area contributed by atoms with Gasteiger partial charge in [-0.1, -0.05) is 0 Å². The lowest BCUT2D eigenvalue weighted by molar-refractivity contribution is -0.136. The summed E-state index contributed by atoms with van der Waals surface area (Å²) in [6.45, 7) is -1.43. The third kappa shape index (κ3) is 4.54. The van der Waals surface area contributed by atoms with E-state index in [1.54, 1.807) is 0 Å². The van der Waals surface area contributed by atoms with Crippen molar-refractivity contribution in [2.45, 2.75) is 6.18 Å². The maximum atomic E-state index is 12.3. The van der Waals surface area contributed by atoms with Crippen LogP contribution in [0.2, 0.25) is 0 Å². The summed E-state index contributed by atoms with van der Waals surface area (Å²) in [5, 5.41) is 0. The molecular formula is C8H14ClF3N2O3S. The summed E-state index contributed by atoms with van der Waals surface area (Å²) < 4.78 is 67.3. The molecule has 0 aliphatic carbocycles. The molecule has 0 saturated carbocycles. The van der Waals surface area contributed by atoms with Gasteiger partial charge in [-0.15, -0.1) is 11.6 Å². The van der Waals surface area contributed by atoms with Crippen molar-refractivity contribution in [3.05, 3.63) is 0 Å². The van der Waals surface area contributed by atoms with Crippen molar-refractivity contribution in [3.63, 3.8) is 0 Å². The van der Waals surface area contributed by atoms with Crippen LogP contribution in [-0.2, 0) is 14.9 Å². The molecule has 10 heteroatoms. The van der Waals surface area contributed by atoms with Gasteiger partial charge in [-0.05, 0) is 0 Å². The second-order valence-electron chi connectivity index (χ2n) is 3.66.